The number of nitrogens with one attached hydrogen (secondary N) is 1. The van der Waals surface area contributed by atoms with Crippen molar-refractivity contribution >= 4 is 11.7 Å². The third-order valence-corrected chi connectivity index (χ3v) is 2.64. The third kappa shape index (κ3) is 2.59. The van der Waals surface area contributed by atoms with Gasteiger partial charge in [-0.25, -0.2) is 9.97 Å². The van der Waals surface area contributed by atoms with Crippen molar-refractivity contribution in [3.63, 3.8) is 0 Å². The molecule has 1 N–H and O–H groups in total. The first-order chi connectivity index (χ1) is 9.85. The van der Waals surface area contributed by atoms with Crippen molar-refractivity contribution in [2.75, 3.05) is 12.4 Å². The molecule has 6 nitrogen and oxygen atoms in total. The van der Waals surface area contributed by atoms with Crippen LogP contribution in [0.4, 0.5) is 11.7 Å². The number of aromatic nitrogens is 3. The lowest BCUT2D eigenvalue weighted by molar-refractivity contribution is 0.415. The first kappa shape index (κ1) is 12.2. The Hall–Kier alpha value is -2.89. The van der Waals surface area contributed by atoms with Gasteiger partial charge in [0.05, 0.1) is 7.11 Å². The second-order valence-electron chi connectivity index (χ2n) is 3.96. The number of nitrogens with zero attached hydrogens (tertiary/aromatic N) is 3. The molecule has 6 heteroatoms. The second-order valence-corrected chi connectivity index (χ2v) is 3.96. The van der Waals surface area contributed by atoms with Crippen molar-refractivity contribution in [1.29, 1.82) is 0 Å². The van der Waals surface area contributed by atoms with E-state index in [9.17, 15) is 0 Å². The van der Waals surface area contributed by atoms with E-state index < -0.39 is 0 Å². The molecule has 0 fully saturated rings. The maximum atomic E-state index is 5.35. The number of oxazole rings is 1. The maximum absolute atomic E-state index is 5.35. The molecule has 0 aliphatic rings. The van der Waals surface area contributed by atoms with Crippen LogP contribution in [0.2, 0.25) is 0 Å². The highest BCUT2D eigenvalue weighted by atomic mass is 16.5. The predicted octanol–water partition coefficient (Wildman–Crippen LogP) is 2.88. The third-order valence-electron chi connectivity index (χ3n) is 2.64. The van der Waals surface area contributed by atoms with Gasteiger partial charge in [0.2, 0.25) is 0 Å². The van der Waals surface area contributed by atoms with Gasteiger partial charge in [0.25, 0.3) is 6.01 Å². The Morgan fingerprint density at radius 1 is 1.10 bits per heavy atom. The van der Waals surface area contributed by atoms with Crippen molar-refractivity contribution < 1.29 is 9.15 Å². The van der Waals surface area contributed by atoms with E-state index >= 15 is 0 Å². The Balaban J connectivity index is 1.77. The summed E-state index contributed by atoms with van der Waals surface area (Å²) in [5.74, 6) is 1.32. The Kier molecular flexibility index (Phi) is 3.28. The number of anilines is 2. The van der Waals surface area contributed by atoms with E-state index in [-0.39, 0.29) is 0 Å². The molecule has 0 bridgehead atoms. The van der Waals surface area contributed by atoms with E-state index in [0.29, 0.717) is 17.5 Å². The van der Waals surface area contributed by atoms with Crippen LogP contribution in [-0.4, -0.2) is 22.1 Å². The molecule has 0 unspecified atom stereocenters. The average molecular weight is 268 g/mol. The molecule has 3 rings (SSSR count). The summed E-state index contributed by atoms with van der Waals surface area (Å²) < 4.78 is 10.4. The Bertz CT molecular complexity index is 680. The van der Waals surface area contributed by atoms with E-state index in [0.717, 1.165) is 11.4 Å². The van der Waals surface area contributed by atoms with Crippen molar-refractivity contribution in [3.8, 4) is 17.3 Å². The Labute approximate surface area is 115 Å². The van der Waals surface area contributed by atoms with Crippen LogP contribution < -0.4 is 10.1 Å². The highest BCUT2D eigenvalue weighted by Crippen LogP contribution is 2.21. The summed E-state index contributed by atoms with van der Waals surface area (Å²) in [5, 5.41) is 3.06. The second kappa shape index (κ2) is 5.40. The van der Waals surface area contributed by atoms with Crippen LogP contribution in [0.25, 0.3) is 11.5 Å². The van der Waals surface area contributed by atoms with Crippen molar-refractivity contribution in [3.05, 3.63) is 49.0 Å². The molecule has 0 saturated carbocycles. The van der Waals surface area contributed by atoms with Gasteiger partial charge in [0.1, 0.15) is 17.7 Å². The van der Waals surface area contributed by atoms with E-state index in [1.807, 2.05) is 24.3 Å². The van der Waals surface area contributed by atoms with Gasteiger partial charge in [-0.05, 0) is 30.3 Å². The summed E-state index contributed by atoms with van der Waals surface area (Å²) in [6.07, 6.45) is 4.84. The number of methoxy groups -OCH3 is 1. The molecule has 0 aliphatic carbocycles. The molecular weight excluding hydrogens is 256 g/mol. The lowest BCUT2D eigenvalue weighted by Gasteiger charge is -2.03. The molecule has 2 aromatic heterocycles. The molecule has 0 amide bonds. The molecule has 1 aromatic carbocycles. The standard InChI is InChI=1S/C14H12N4O2/c1-19-11-5-3-10(4-6-11)17-14-18-12(9-20-14)13-15-7-2-8-16-13/h2-9H,1H3,(H,17,18). The van der Waals surface area contributed by atoms with Gasteiger partial charge >= 0.3 is 0 Å². The van der Waals surface area contributed by atoms with Crippen molar-refractivity contribution in [2.24, 2.45) is 0 Å². The van der Waals surface area contributed by atoms with Gasteiger partial charge in [-0.15, -0.1) is 0 Å². The minimum atomic E-state index is 0.387. The van der Waals surface area contributed by atoms with Gasteiger partial charge in [0, 0.05) is 18.1 Å². The topological polar surface area (TPSA) is 73.1 Å². The molecule has 0 atom stereocenters. The zero-order chi connectivity index (χ0) is 13.8. The molecule has 2 heterocycles. The molecule has 0 aliphatic heterocycles. The lowest BCUT2D eigenvalue weighted by atomic mass is 10.3. The van der Waals surface area contributed by atoms with E-state index in [2.05, 4.69) is 20.3 Å². The fraction of sp³-hybridized carbons (Fsp3) is 0.0714. The van der Waals surface area contributed by atoms with Crippen LogP contribution in [-0.2, 0) is 0 Å². The molecule has 20 heavy (non-hydrogen) atoms. The zero-order valence-corrected chi connectivity index (χ0v) is 10.8. The van der Waals surface area contributed by atoms with E-state index in [1.54, 1.807) is 25.6 Å². The number of hydrogen-bond acceptors (Lipinski definition) is 6. The van der Waals surface area contributed by atoms with Gasteiger partial charge in [-0.1, -0.05) is 0 Å². The fourth-order valence-electron chi connectivity index (χ4n) is 1.66. The average Bonchev–Trinajstić information content (AvgIpc) is 2.97. The van der Waals surface area contributed by atoms with Crippen LogP contribution in [0.3, 0.4) is 0 Å². The molecule has 0 radical (unpaired) electrons. The van der Waals surface area contributed by atoms with Crippen LogP contribution in [0.5, 0.6) is 5.75 Å². The highest BCUT2D eigenvalue weighted by molar-refractivity contribution is 5.56. The summed E-state index contributed by atoms with van der Waals surface area (Å²) in [6, 6.07) is 9.60. The first-order valence-electron chi connectivity index (χ1n) is 5.99. The van der Waals surface area contributed by atoms with Gasteiger partial charge in [-0.2, -0.15) is 4.98 Å². The number of benzene rings is 1. The van der Waals surface area contributed by atoms with Crippen LogP contribution in [0.15, 0.2) is 53.4 Å². The lowest BCUT2D eigenvalue weighted by Crippen LogP contribution is -1.92. The van der Waals surface area contributed by atoms with E-state index in [4.69, 9.17) is 9.15 Å². The smallest absolute Gasteiger partial charge is 0.299 e. The molecular formula is C14H12N4O2. The summed E-state index contributed by atoms with van der Waals surface area (Å²) in [7, 11) is 1.63. The van der Waals surface area contributed by atoms with Crippen LogP contribution in [0.1, 0.15) is 0 Å². The van der Waals surface area contributed by atoms with Gasteiger partial charge in [0.15, 0.2) is 5.82 Å². The summed E-state index contributed by atoms with van der Waals surface area (Å²) >= 11 is 0. The van der Waals surface area contributed by atoms with Gasteiger partial charge in [-0.3, -0.25) is 0 Å². The van der Waals surface area contributed by atoms with E-state index in [1.165, 1.54) is 6.26 Å². The fourth-order valence-corrected chi connectivity index (χ4v) is 1.66. The van der Waals surface area contributed by atoms with Crippen LogP contribution in [0, 0.1) is 0 Å². The molecule has 3 aromatic rings. The largest absolute Gasteiger partial charge is 0.497 e. The van der Waals surface area contributed by atoms with Crippen molar-refractivity contribution in [1.82, 2.24) is 15.0 Å². The minimum absolute atomic E-state index is 0.387. The Morgan fingerprint density at radius 3 is 2.55 bits per heavy atom. The molecule has 0 spiro atoms. The Morgan fingerprint density at radius 2 is 1.85 bits per heavy atom. The normalized spacial score (nSPS) is 10.2. The first-order valence-corrected chi connectivity index (χ1v) is 5.99. The van der Waals surface area contributed by atoms with Crippen molar-refractivity contribution in [2.45, 2.75) is 0 Å². The SMILES string of the molecule is COc1ccc(Nc2nc(-c3ncccn3)co2)cc1. The monoisotopic (exact) mass is 268 g/mol. The zero-order valence-electron chi connectivity index (χ0n) is 10.8. The maximum Gasteiger partial charge on any atom is 0.299 e. The van der Waals surface area contributed by atoms with Crippen LogP contribution >= 0.6 is 0 Å². The molecule has 0 saturated heterocycles. The molecule has 100 valence electrons. The summed E-state index contributed by atoms with van der Waals surface area (Å²) in [4.78, 5) is 12.5. The number of rotatable bonds is 4. The predicted molar refractivity (Wildman–Crippen MR) is 73.8 cm³/mol. The summed E-state index contributed by atoms with van der Waals surface area (Å²) in [5.41, 5.74) is 1.44. The quantitative estimate of drug-likeness (QED) is 0.784. The number of hydrogen-bond donors (Lipinski definition) is 1. The highest BCUT2D eigenvalue weighted by Gasteiger charge is 2.08. The number of ether oxygens (including phenoxy) is 1. The summed E-state index contributed by atoms with van der Waals surface area (Å²) in [6.45, 7) is 0. The van der Waals surface area contributed by atoms with Gasteiger partial charge < -0.3 is 14.5 Å². The minimum Gasteiger partial charge on any atom is -0.497 e.